The van der Waals surface area contributed by atoms with Gasteiger partial charge in [-0.3, -0.25) is 0 Å². The monoisotopic (exact) mass is 155 g/mol. The van der Waals surface area contributed by atoms with Crippen molar-refractivity contribution >= 4 is 5.97 Å². The van der Waals surface area contributed by atoms with Crippen LogP contribution in [0.1, 0.15) is 20.3 Å². The number of hydrogen-bond donors (Lipinski definition) is 1. The van der Waals surface area contributed by atoms with Crippen molar-refractivity contribution in [3.05, 3.63) is 11.8 Å². The van der Waals surface area contributed by atoms with Gasteiger partial charge in [-0.05, 0) is 13.8 Å². The Bertz CT molecular complexity index is 185. The Morgan fingerprint density at radius 3 is 2.82 bits per heavy atom. The van der Waals surface area contributed by atoms with Crippen LogP contribution in [0.25, 0.3) is 0 Å². The van der Waals surface area contributed by atoms with Gasteiger partial charge in [0.25, 0.3) is 0 Å². The van der Waals surface area contributed by atoms with Crippen LogP contribution in [0, 0.1) is 0 Å². The van der Waals surface area contributed by atoms with Crippen molar-refractivity contribution < 1.29 is 9.53 Å². The minimum Gasteiger partial charge on any atom is -0.462 e. The molecule has 0 aromatic carbocycles. The molecule has 0 aromatic rings. The molecule has 1 fully saturated rings. The summed E-state index contributed by atoms with van der Waals surface area (Å²) in [5, 5.41) is 3.05. The van der Waals surface area contributed by atoms with Crippen LogP contribution in [0.2, 0.25) is 0 Å². The van der Waals surface area contributed by atoms with Gasteiger partial charge in [-0.1, -0.05) is 0 Å². The summed E-state index contributed by atoms with van der Waals surface area (Å²) < 4.78 is 4.75. The topological polar surface area (TPSA) is 38.3 Å². The van der Waals surface area contributed by atoms with E-state index in [1.807, 2.05) is 13.8 Å². The Kier molecular flexibility index (Phi) is 2.52. The van der Waals surface area contributed by atoms with Crippen LogP contribution in [0.5, 0.6) is 0 Å². The molecule has 0 aliphatic carbocycles. The summed E-state index contributed by atoms with van der Waals surface area (Å²) in [6.07, 6.45) is 2.48. The normalized spacial score (nSPS) is 21.0. The quantitative estimate of drug-likeness (QED) is 0.474. The minimum absolute atomic E-state index is 0.182. The molecule has 0 radical (unpaired) electrons. The molecule has 3 nitrogen and oxygen atoms in total. The number of esters is 1. The molecule has 0 aromatic heterocycles. The molecule has 11 heavy (non-hydrogen) atoms. The van der Waals surface area contributed by atoms with Gasteiger partial charge in [0.1, 0.15) is 0 Å². The van der Waals surface area contributed by atoms with E-state index in [1.165, 1.54) is 0 Å². The number of ether oxygens (including phenoxy) is 1. The summed E-state index contributed by atoms with van der Waals surface area (Å²) in [6, 6.07) is 0.371. The Labute approximate surface area is 66.4 Å². The largest absolute Gasteiger partial charge is 0.462 e. The fourth-order valence-corrected chi connectivity index (χ4v) is 0.847. The number of rotatable bonds is 2. The highest BCUT2D eigenvalue weighted by molar-refractivity contribution is 5.90. The number of carbonyl (C=O) groups excluding carboxylic acids is 1. The Hall–Kier alpha value is -0.990. The summed E-state index contributed by atoms with van der Waals surface area (Å²) in [4.78, 5) is 10.9. The van der Waals surface area contributed by atoms with Gasteiger partial charge >= 0.3 is 5.97 Å². The van der Waals surface area contributed by atoms with E-state index in [4.69, 9.17) is 4.74 Å². The average molecular weight is 155 g/mol. The van der Waals surface area contributed by atoms with Crippen molar-refractivity contribution in [3.8, 4) is 0 Å². The summed E-state index contributed by atoms with van der Waals surface area (Å²) in [7, 11) is 0. The second kappa shape index (κ2) is 3.42. The molecule has 3 heteroatoms. The third-order valence-corrected chi connectivity index (χ3v) is 1.46. The summed E-state index contributed by atoms with van der Waals surface area (Å²) in [5.74, 6) is -0.182. The summed E-state index contributed by atoms with van der Waals surface area (Å²) >= 11 is 0. The van der Waals surface area contributed by atoms with Gasteiger partial charge in [0, 0.05) is 18.7 Å². The van der Waals surface area contributed by atoms with E-state index in [0.29, 0.717) is 12.6 Å². The van der Waals surface area contributed by atoms with Crippen LogP contribution < -0.4 is 5.32 Å². The van der Waals surface area contributed by atoms with Gasteiger partial charge in [0.15, 0.2) is 0 Å². The molecule has 1 rings (SSSR count). The predicted octanol–water partition coefficient (Wildman–Crippen LogP) is 0.815. The molecular weight excluding hydrogens is 142 g/mol. The molecule has 62 valence electrons. The van der Waals surface area contributed by atoms with Crippen LogP contribution in [0.4, 0.5) is 0 Å². The maximum Gasteiger partial charge on any atom is 0.335 e. The van der Waals surface area contributed by atoms with Gasteiger partial charge < -0.3 is 10.1 Å². The zero-order chi connectivity index (χ0) is 8.27. The smallest absolute Gasteiger partial charge is 0.335 e. The van der Waals surface area contributed by atoms with Crippen LogP contribution in [0.15, 0.2) is 11.8 Å². The van der Waals surface area contributed by atoms with Crippen molar-refractivity contribution in [2.45, 2.75) is 26.3 Å². The first kappa shape index (κ1) is 8.11. The number of carbonyl (C=O) groups is 1. The lowest BCUT2D eigenvalue weighted by molar-refractivity contribution is -0.135. The molecule has 0 amide bonds. The Morgan fingerprint density at radius 2 is 2.36 bits per heavy atom. The standard InChI is InChI=1S/C8H13NO2/c1-6(2)9-5-7-3-4-11-8(7)10/h5-6,9H,3-4H2,1-2H3. The Balaban J connectivity index is 2.45. The van der Waals surface area contributed by atoms with Crippen molar-refractivity contribution in [2.75, 3.05) is 6.61 Å². The zero-order valence-corrected chi connectivity index (χ0v) is 6.89. The third kappa shape index (κ3) is 2.26. The maximum absolute atomic E-state index is 10.9. The van der Waals surface area contributed by atoms with Crippen LogP contribution >= 0.6 is 0 Å². The lowest BCUT2D eigenvalue weighted by atomic mass is 10.2. The number of cyclic esters (lactones) is 1. The fraction of sp³-hybridized carbons (Fsp3) is 0.625. The van der Waals surface area contributed by atoms with Crippen molar-refractivity contribution in [1.29, 1.82) is 0 Å². The molecule has 1 heterocycles. The first-order valence-electron chi connectivity index (χ1n) is 3.82. The number of hydrogen-bond acceptors (Lipinski definition) is 3. The SMILES string of the molecule is CC(C)NC=C1CCOC1=O. The van der Waals surface area contributed by atoms with E-state index in [9.17, 15) is 4.79 Å². The lowest BCUT2D eigenvalue weighted by Gasteiger charge is -2.03. The predicted molar refractivity (Wildman–Crippen MR) is 41.9 cm³/mol. The molecular formula is C8H13NO2. The first-order valence-corrected chi connectivity index (χ1v) is 3.82. The second-order valence-corrected chi connectivity index (χ2v) is 2.88. The fourth-order valence-electron chi connectivity index (χ4n) is 0.847. The molecule has 0 unspecified atom stereocenters. The minimum atomic E-state index is -0.182. The van der Waals surface area contributed by atoms with E-state index in [1.54, 1.807) is 6.20 Å². The molecule has 1 aliphatic rings. The van der Waals surface area contributed by atoms with Crippen molar-refractivity contribution in [1.82, 2.24) is 5.32 Å². The van der Waals surface area contributed by atoms with Crippen LogP contribution in [0.3, 0.4) is 0 Å². The molecule has 1 saturated heterocycles. The average Bonchev–Trinajstić information content (AvgIpc) is 2.31. The third-order valence-electron chi connectivity index (χ3n) is 1.46. The first-order chi connectivity index (χ1) is 5.20. The van der Waals surface area contributed by atoms with Gasteiger partial charge in [-0.2, -0.15) is 0 Å². The summed E-state index contributed by atoms with van der Waals surface area (Å²) in [5.41, 5.74) is 0.749. The molecule has 0 saturated carbocycles. The van der Waals surface area contributed by atoms with Gasteiger partial charge in [0.05, 0.1) is 12.2 Å². The lowest BCUT2D eigenvalue weighted by Crippen LogP contribution is -2.17. The van der Waals surface area contributed by atoms with Crippen LogP contribution in [-0.2, 0) is 9.53 Å². The molecule has 1 aliphatic heterocycles. The maximum atomic E-state index is 10.9. The molecule has 0 spiro atoms. The molecule has 0 bridgehead atoms. The number of nitrogens with one attached hydrogen (secondary N) is 1. The van der Waals surface area contributed by atoms with E-state index in [0.717, 1.165) is 12.0 Å². The molecule has 1 N–H and O–H groups in total. The van der Waals surface area contributed by atoms with Crippen molar-refractivity contribution in [2.24, 2.45) is 0 Å². The Morgan fingerprint density at radius 1 is 1.64 bits per heavy atom. The van der Waals surface area contributed by atoms with E-state index < -0.39 is 0 Å². The van der Waals surface area contributed by atoms with Crippen LogP contribution in [-0.4, -0.2) is 18.6 Å². The van der Waals surface area contributed by atoms with Gasteiger partial charge in [-0.15, -0.1) is 0 Å². The van der Waals surface area contributed by atoms with E-state index >= 15 is 0 Å². The van der Waals surface area contributed by atoms with Gasteiger partial charge in [0.2, 0.25) is 0 Å². The highest BCUT2D eigenvalue weighted by Gasteiger charge is 2.17. The van der Waals surface area contributed by atoms with E-state index in [-0.39, 0.29) is 5.97 Å². The zero-order valence-electron chi connectivity index (χ0n) is 6.89. The van der Waals surface area contributed by atoms with Gasteiger partial charge in [-0.25, -0.2) is 4.79 Å². The summed E-state index contributed by atoms with van der Waals surface area (Å²) in [6.45, 7) is 4.58. The van der Waals surface area contributed by atoms with E-state index in [2.05, 4.69) is 5.32 Å². The van der Waals surface area contributed by atoms with Crippen molar-refractivity contribution in [3.63, 3.8) is 0 Å². The highest BCUT2D eigenvalue weighted by Crippen LogP contribution is 2.11. The highest BCUT2D eigenvalue weighted by atomic mass is 16.5. The second-order valence-electron chi connectivity index (χ2n) is 2.88. The molecule has 0 atom stereocenters.